The van der Waals surface area contributed by atoms with Crippen LogP contribution < -0.4 is 5.32 Å². The first kappa shape index (κ1) is 14.9. The third-order valence-electron chi connectivity index (χ3n) is 2.59. The molecule has 20 heavy (non-hydrogen) atoms. The molecule has 0 spiro atoms. The Balaban J connectivity index is 2.13. The highest BCUT2D eigenvalue weighted by Crippen LogP contribution is 2.26. The fraction of sp³-hybridized carbons (Fsp3) is 0.0714. The number of hydrogen-bond acceptors (Lipinski definition) is 1. The van der Waals surface area contributed by atoms with Crippen LogP contribution in [0.15, 0.2) is 40.9 Å². The van der Waals surface area contributed by atoms with Gasteiger partial charge >= 0.3 is 0 Å². The highest BCUT2D eigenvalue weighted by molar-refractivity contribution is 9.10. The van der Waals surface area contributed by atoms with E-state index in [1.165, 1.54) is 12.1 Å². The number of carbonyl (C=O) groups is 1. The van der Waals surface area contributed by atoms with Gasteiger partial charge in [0, 0.05) is 10.0 Å². The summed E-state index contributed by atoms with van der Waals surface area (Å²) in [6.45, 7) is 0. The Kier molecular flexibility index (Phi) is 4.73. The van der Waals surface area contributed by atoms with Gasteiger partial charge in [-0.05, 0) is 24.3 Å². The van der Waals surface area contributed by atoms with Crippen LogP contribution >= 0.6 is 27.5 Å². The molecule has 0 aliphatic heterocycles. The second-order valence-electron chi connectivity index (χ2n) is 4.06. The molecule has 0 aliphatic rings. The zero-order valence-corrected chi connectivity index (χ0v) is 12.4. The molecule has 104 valence electrons. The molecule has 0 fully saturated rings. The van der Waals surface area contributed by atoms with E-state index >= 15 is 0 Å². The average molecular weight is 361 g/mol. The summed E-state index contributed by atoms with van der Waals surface area (Å²) in [5, 5.41) is 2.92. The van der Waals surface area contributed by atoms with E-state index in [2.05, 4.69) is 21.2 Å². The predicted octanol–water partition coefficient (Wildman–Crippen LogP) is 4.56. The number of benzene rings is 2. The van der Waals surface area contributed by atoms with Crippen LogP contribution in [0.1, 0.15) is 5.56 Å². The lowest BCUT2D eigenvalue weighted by molar-refractivity contribution is -0.115. The number of amides is 1. The van der Waals surface area contributed by atoms with Gasteiger partial charge in [0.15, 0.2) is 11.6 Å². The van der Waals surface area contributed by atoms with Crippen molar-refractivity contribution in [2.24, 2.45) is 0 Å². The quantitative estimate of drug-likeness (QED) is 0.854. The molecule has 1 amide bonds. The third kappa shape index (κ3) is 3.55. The molecule has 2 aromatic carbocycles. The molecule has 2 rings (SSSR count). The van der Waals surface area contributed by atoms with Crippen molar-refractivity contribution in [2.45, 2.75) is 6.42 Å². The molecule has 0 aliphatic carbocycles. The molecule has 0 saturated heterocycles. The van der Waals surface area contributed by atoms with Crippen molar-refractivity contribution in [1.29, 1.82) is 0 Å². The van der Waals surface area contributed by atoms with E-state index in [4.69, 9.17) is 11.6 Å². The van der Waals surface area contributed by atoms with Crippen LogP contribution in [0.4, 0.5) is 14.5 Å². The first-order valence-electron chi connectivity index (χ1n) is 5.65. The maximum Gasteiger partial charge on any atom is 0.228 e. The first-order valence-corrected chi connectivity index (χ1v) is 6.82. The van der Waals surface area contributed by atoms with Gasteiger partial charge in [-0.3, -0.25) is 4.79 Å². The lowest BCUT2D eigenvalue weighted by Crippen LogP contribution is -2.15. The zero-order valence-electron chi connectivity index (χ0n) is 10.1. The number of halogens is 4. The molecule has 0 bridgehead atoms. The Morgan fingerprint density at radius 3 is 2.75 bits per heavy atom. The molecule has 0 aromatic heterocycles. The van der Waals surface area contributed by atoms with Crippen molar-refractivity contribution in [3.05, 3.63) is 63.1 Å². The van der Waals surface area contributed by atoms with Gasteiger partial charge in [-0.1, -0.05) is 39.7 Å². The summed E-state index contributed by atoms with van der Waals surface area (Å²) >= 11 is 9.18. The standard InChI is InChI=1S/C14H9BrClF2NO/c15-9-4-5-10(16)12(7-9)19-13(20)6-8-2-1-3-11(17)14(8)18/h1-5,7H,6H2,(H,19,20). The summed E-state index contributed by atoms with van der Waals surface area (Å²) in [6, 6.07) is 8.69. The number of hydrogen-bond donors (Lipinski definition) is 1. The van der Waals surface area contributed by atoms with Crippen LogP contribution in [-0.2, 0) is 11.2 Å². The van der Waals surface area contributed by atoms with Crippen molar-refractivity contribution in [1.82, 2.24) is 0 Å². The SMILES string of the molecule is O=C(Cc1cccc(F)c1F)Nc1cc(Br)ccc1Cl. The Morgan fingerprint density at radius 1 is 1.25 bits per heavy atom. The number of nitrogens with one attached hydrogen (secondary N) is 1. The topological polar surface area (TPSA) is 29.1 Å². The third-order valence-corrected chi connectivity index (χ3v) is 3.41. The molecule has 0 unspecified atom stereocenters. The van der Waals surface area contributed by atoms with E-state index in [-0.39, 0.29) is 12.0 Å². The molecule has 1 N–H and O–H groups in total. The smallest absolute Gasteiger partial charge is 0.228 e. The van der Waals surface area contributed by atoms with Gasteiger partial charge < -0.3 is 5.32 Å². The summed E-state index contributed by atoms with van der Waals surface area (Å²) in [4.78, 5) is 11.8. The van der Waals surface area contributed by atoms with Gasteiger partial charge in [-0.2, -0.15) is 0 Å². The van der Waals surface area contributed by atoms with Crippen LogP contribution in [0.25, 0.3) is 0 Å². The highest BCUT2D eigenvalue weighted by atomic mass is 79.9. The lowest BCUT2D eigenvalue weighted by Gasteiger charge is -2.08. The van der Waals surface area contributed by atoms with E-state index in [1.54, 1.807) is 18.2 Å². The molecule has 2 aromatic rings. The monoisotopic (exact) mass is 359 g/mol. The average Bonchev–Trinajstić information content (AvgIpc) is 2.39. The second kappa shape index (κ2) is 6.33. The van der Waals surface area contributed by atoms with Crippen LogP contribution in [0.2, 0.25) is 5.02 Å². The summed E-state index contributed by atoms with van der Waals surface area (Å²) in [6.07, 6.45) is -0.271. The summed E-state index contributed by atoms with van der Waals surface area (Å²) in [7, 11) is 0. The van der Waals surface area contributed by atoms with Gasteiger partial charge in [0.2, 0.25) is 5.91 Å². The summed E-state index contributed by atoms with van der Waals surface area (Å²) in [5.41, 5.74) is 0.400. The van der Waals surface area contributed by atoms with Gasteiger partial charge in [-0.15, -0.1) is 0 Å². The fourth-order valence-corrected chi connectivity index (χ4v) is 2.17. The molecule has 2 nitrogen and oxygen atoms in total. The normalized spacial score (nSPS) is 10.4. The second-order valence-corrected chi connectivity index (χ2v) is 5.38. The number of anilines is 1. The molecule has 0 saturated carbocycles. The minimum atomic E-state index is -1.01. The number of carbonyl (C=O) groups excluding carboxylic acids is 1. The molecular weight excluding hydrogens is 352 g/mol. The van der Waals surface area contributed by atoms with E-state index in [0.717, 1.165) is 10.5 Å². The molecule has 0 radical (unpaired) electrons. The van der Waals surface area contributed by atoms with E-state index in [9.17, 15) is 13.6 Å². The lowest BCUT2D eigenvalue weighted by atomic mass is 10.1. The Bertz CT molecular complexity index is 658. The van der Waals surface area contributed by atoms with Crippen molar-refractivity contribution in [2.75, 3.05) is 5.32 Å². The molecular formula is C14H9BrClF2NO. The summed E-state index contributed by atoms with van der Waals surface area (Å²) < 4.78 is 27.2. The maximum absolute atomic E-state index is 13.5. The van der Waals surface area contributed by atoms with E-state index < -0.39 is 17.5 Å². The predicted molar refractivity (Wildman–Crippen MR) is 77.8 cm³/mol. The molecule has 0 heterocycles. The Labute approximate surface area is 127 Å². The van der Waals surface area contributed by atoms with Crippen LogP contribution in [0, 0.1) is 11.6 Å². The number of rotatable bonds is 3. The Morgan fingerprint density at radius 2 is 2.00 bits per heavy atom. The van der Waals surface area contributed by atoms with Crippen LogP contribution in [0.5, 0.6) is 0 Å². The van der Waals surface area contributed by atoms with Gasteiger partial charge in [0.1, 0.15) is 0 Å². The van der Waals surface area contributed by atoms with Gasteiger partial charge in [0.25, 0.3) is 0 Å². The maximum atomic E-state index is 13.5. The largest absolute Gasteiger partial charge is 0.324 e. The zero-order chi connectivity index (χ0) is 14.7. The van der Waals surface area contributed by atoms with E-state index in [1.807, 2.05) is 0 Å². The highest BCUT2D eigenvalue weighted by Gasteiger charge is 2.13. The van der Waals surface area contributed by atoms with Crippen molar-refractivity contribution in [3.8, 4) is 0 Å². The molecule has 6 heteroatoms. The van der Waals surface area contributed by atoms with Gasteiger partial charge in [0.05, 0.1) is 17.1 Å². The fourth-order valence-electron chi connectivity index (χ4n) is 1.65. The Hall–Kier alpha value is -1.46. The van der Waals surface area contributed by atoms with Crippen LogP contribution in [-0.4, -0.2) is 5.91 Å². The van der Waals surface area contributed by atoms with Crippen LogP contribution in [0.3, 0.4) is 0 Å². The molecule has 0 atom stereocenters. The minimum absolute atomic E-state index is 0.00591. The van der Waals surface area contributed by atoms with Crippen molar-refractivity contribution < 1.29 is 13.6 Å². The van der Waals surface area contributed by atoms with Crippen molar-refractivity contribution >= 4 is 39.1 Å². The summed E-state index contributed by atoms with van der Waals surface area (Å²) in [5.74, 6) is -2.46. The minimum Gasteiger partial charge on any atom is -0.324 e. The van der Waals surface area contributed by atoms with Crippen molar-refractivity contribution in [3.63, 3.8) is 0 Å². The van der Waals surface area contributed by atoms with E-state index in [0.29, 0.717) is 10.7 Å². The first-order chi connectivity index (χ1) is 9.47. The van der Waals surface area contributed by atoms with Gasteiger partial charge in [-0.25, -0.2) is 8.78 Å².